The predicted octanol–water partition coefficient (Wildman–Crippen LogP) is 12.0. The summed E-state index contributed by atoms with van der Waals surface area (Å²) in [5.74, 6) is 0.718. The summed E-state index contributed by atoms with van der Waals surface area (Å²) in [4.78, 5) is 10.0. The van der Waals surface area contributed by atoms with Gasteiger partial charge in [0.15, 0.2) is 5.82 Å². The Balaban J connectivity index is 1.08. The van der Waals surface area contributed by atoms with Crippen LogP contribution in [0.2, 0.25) is 0 Å². The molecule has 3 nitrogen and oxygen atoms in total. The molecule has 0 fully saturated rings. The summed E-state index contributed by atoms with van der Waals surface area (Å²) >= 11 is 0. The largest absolute Gasteiger partial charge is 0.308 e. The highest BCUT2D eigenvalue weighted by atomic mass is 14.9. The molecule has 10 rings (SSSR count). The van der Waals surface area contributed by atoms with E-state index < -0.39 is 0 Å². The third-order valence-electron chi connectivity index (χ3n) is 9.74. The normalized spacial score (nSPS) is 11.7. The van der Waals surface area contributed by atoms with Crippen molar-refractivity contribution >= 4 is 38.1 Å². The Morgan fingerprint density at radius 1 is 0.306 bits per heavy atom. The maximum atomic E-state index is 5.07. The molecule has 0 amide bonds. The van der Waals surface area contributed by atoms with E-state index in [2.05, 4.69) is 144 Å². The highest BCUT2D eigenvalue weighted by Gasteiger charge is 2.17. The van der Waals surface area contributed by atoms with Crippen molar-refractivity contribution in [3.63, 3.8) is 0 Å². The smallest absolute Gasteiger partial charge is 0.160 e. The molecule has 3 heteroatoms. The average Bonchev–Trinajstić information content (AvgIpc) is 3.71. The van der Waals surface area contributed by atoms with Crippen molar-refractivity contribution in [1.29, 1.82) is 0 Å². The molecule has 0 saturated heterocycles. The second-order valence-electron chi connectivity index (χ2n) is 12.6. The molecular weight excluding hydrogens is 595 g/mol. The first-order valence-corrected chi connectivity index (χ1v) is 16.7. The maximum Gasteiger partial charge on any atom is 0.160 e. The van der Waals surface area contributed by atoms with E-state index in [0.29, 0.717) is 0 Å². The van der Waals surface area contributed by atoms with Crippen molar-refractivity contribution in [2.75, 3.05) is 0 Å². The molecule has 0 aliphatic heterocycles. The van der Waals surface area contributed by atoms with E-state index >= 15 is 0 Å². The Kier molecular flexibility index (Phi) is 6.18. The van der Waals surface area contributed by atoms with Gasteiger partial charge in [-0.3, -0.25) is 0 Å². The van der Waals surface area contributed by atoms with Crippen molar-refractivity contribution in [3.8, 4) is 56.2 Å². The molecule has 228 valence electrons. The molecule has 0 bridgehead atoms. The van der Waals surface area contributed by atoms with E-state index in [0.717, 1.165) is 45.0 Å². The van der Waals surface area contributed by atoms with Crippen LogP contribution in [0.3, 0.4) is 0 Å². The first-order valence-electron chi connectivity index (χ1n) is 16.7. The van der Waals surface area contributed by atoms with Gasteiger partial charge in [-0.15, -0.1) is 0 Å². The van der Waals surface area contributed by atoms with E-state index in [1.54, 1.807) is 0 Å². The monoisotopic (exact) mass is 623 g/mol. The van der Waals surface area contributed by atoms with Gasteiger partial charge in [0.2, 0.25) is 0 Å². The number of nitrogens with zero attached hydrogens (tertiary/aromatic N) is 3. The summed E-state index contributed by atoms with van der Waals surface area (Å²) in [7, 11) is 0. The zero-order valence-corrected chi connectivity index (χ0v) is 26.6. The lowest BCUT2D eigenvalue weighted by molar-refractivity contribution is 1.18. The van der Waals surface area contributed by atoms with E-state index in [4.69, 9.17) is 9.97 Å². The second kappa shape index (κ2) is 11.0. The lowest BCUT2D eigenvalue weighted by Gasteiger charge is -2.11. The fraction of sp³-hybridized carbons (Fsp3) is 0. The molecule has 3 aromatic heterocycles. The molecule has 10 aromatic rings. The summed E-state index contributed by atoms with van der Waals surface area (Å²) in [5.41, 5.74) is 13.4. The first kappa shape index (κ1) is 27.5. The van der Waals surface area contributed by atoms with Gasteiger partial charge in [0, 0.05) is 38.2 Å². The topological polar surface area (TPSA) is 30.2 Å². The molecule has 0 N–H and O–H groups in total. The van der Waals surface area contributed by atoms with E-state index in [9.17, 15) is 0 Å². The Bertz CT molecular complexity index is 2760. The van der Waals surface area contributed by atoms with Crippen LogP contribution in [-0.4, -0.2) is 14.4 Å². The summed E-state index contributed by atoms with van der Waals surface area (Å²) in [5, 5.41) is 5.20. The Labute approximate surface area is 283 Å². The molecule has 0 saturated carbocycles. The number of aromatic nitrogens is 3. The third-order valence-corrected chi connectivity index (χ3v) is 9.74. The predicted molar refractivity (Wildman–Crippen MR) is 204 cm³/mol. The minimum atomic E-state index is 0.718. The average molecular weight is 624 g/mol. The molecule has 3 heterocycles. The quantitative estimate of drug-likeness (QED) is 0.191. The van der Waals surface area contributed by atoms with Crippen LogP contribution in [0, 0.1) is 0 Å². The summed E-state index contributed by atoms with van der Waals surface area (Å²) in [6.07, 6.45) is 0. The Morgan fingerprint density at radius 2 is 0.796 bits per heavy atom. The van der Waals surface area contributed by atoms with E-state index in [-0.39, 0.29) is 0 Å². The van der Waals surface area contributed by atoms with Crippen LogP contribution in [0.5, 0.6) is 0 Å². The maximum absolute atomic E-state index is 5.07. The summed E-state index contributed by atoms with van der Waals surface area (Å²) in [6, 6.07) is 62.5. The van der Waals surface area contributed by atoms with Crippen molar-refractivity contribution in [2.45, 2.75) is 0 Å². The number of fused-ring (bicyclic) bond motifs is 6. The molecular formula is C46H29N3. The van der Waals surface area contributed by atoms with Crippen LogP contribution in [-0.2, 0) is 0 Å². The lowest BCUT2D eigenvalue weighted by atomic mass is 9.96. The number of benzene rings is 7. The molecule has 0 unspecified atom stereocenters. The molecule has 0 spiro atoms. The van der Waals surface area contributed by atoms with Crippen molar-refractivity contribution in [2.24, 2.45) is 0 Å². The third kappa shape index (κ3) is 4.51. The summed E-state index contributed by atoms with van der Waals surface area (Å²) < 4.78 is 2.45. The standard InChI is InChI=1S/C46H29N3/c1-3-12-30(13-4-1)41-29-42(48-46(47-41)31-14-5-2-6-15-31)36-19-10-18-34(27-36)32-16-9-17-33(26-32)35-24-25-38-40-22-11-21-39-37-20-7-8-23-43(37)49(45(39)40)44(38)28-35/h1-29H. The van der Waals surface area contributed by atoms with Gasteiger partial charge in [0.25, 0.3) is 0 Å². The fourth-order valence-electron chi connectivity index (χ4n) is 7.41. The van der Waals surface area contributed by atoms with Crippen LogP contribution >= 0.6 is 0 Å². The van der Waals surface area contributed by atoms with Crippen molar-refractivity contribution in [1.82, 2.24) is 14.4 Å². The van der Waals surface area contributed by atoms with Crippen LogP contribution in [0.4, 0.5) is 0 Å². The number of hydrogen-bond donors (Lipinski definition) is 0. The van der Waals surface area contributed by atoms with Gasteiger partial charge in [-0.2, -0.15) is 0 Å². The van der Waals surface area contributed by atoms with E-state index in [1.807, 2.05) is 36.4 Å². The van der Waals surface area contributed by atoms with Gasteiger partial charge >= 0.3 is 0 Å². The van der Waals surface area contributed by atoms with Crippen LogP contribution in [0.15, 0.2) is 176 Å². The molecule has 7 aromatic carbocycles. The van der Waals surface area contributed by atoms with Crippen molar-refractivity contribution < 1.29 is 0 Å². The summed E-state index contributed by atoms with van der Waals surface area (Å²) in [6.45, 7) is 0. The van der Waals surface area contributed by atoms with Gasteiger partial charge in [0.1, 0.15) is 0 Å². The van der Waals surface area contributed by atoms with E-state index in [1.165, 1.54) is 49.2 Å². The Morgan fingerprint density at radius 3 is 1.51 bits per heavy atom. The van der Waals surface area contributed by atoms with Gasteiger partial charge in [-0.1, -0.05) is 146 Å². The first-order chi connectivity index (χ1) is 24.3. The number of rotatable bonds is 5. The molecule has 0 aliphatic rings. The van der Waals surface area contributed by atoms with Crippen molar-refractivity contribution in [3.05, 3.63) is 176 Å². The molecule has 0 radical (unpaired) electrons. The van der Waals surface area contributed by atoms with Gasteiger partial charge in [-0.05, 0) is 52.6 Å². The highest BCUT2D eigenvalue weighted by Crippen LogP contribution is 2.40. The molecule has 0 atom stereocenters. The molecule has 49 heavy (non-hydrogen) atoms. The lowest BCUT2D eigenvalue weighted by Crippen LogP contribution is -1.96. The second-order valence-corrected chi connectivity index (χ2v) is 12.6. The molecule has 0 aliphatic carbocycles. The fourth-order valence-corrected chi connectivity index (χ4v) is 7.41. The van der Waals surface area contributed by atoms with Crippen LogP contribution in [0.1, 0.15) is 0 Å². The van der Waals surface area contributed by atoms with Gasteiger partial charge in [-0.25, -0.2) is 9.97 Å². The Hall–Kier alpha value is -6.58. The van der Waals surface area contributed by atoms with Crippen LogP contribution < -0.4 is 0 Å². The van der Waals surface area contributed by atoms with Crippen LogP contribution in [0.25, 0.3) is 94.3 Å². The zero-order valence-electron chi connectivity index (χ0n) is 26.6. The minimum absolute atomic E-state index is 0.718. The SMILES string of the molecule is c1ccc(-c2cc(-c3cccc(-c4cccc(-c5ccc6c7cccc8c9ccccc9n(c6c5)c87)c4)c3)nc(-c3ccccc3)n2)cc1. The number of hydrogen-bond acceptors (Lipinski definition) is 2. The van der Waals surface area contributed by atoms with Gasteiger partial charge < -0.3 is 4.40 Å². The highest BCUT2D eigenvalue weighted by molar-refractivity contribution is 6.23. The minimum Gasteiger partial charge on any atom is -0.308 e. The van der Waals surface area contributed by atoms with Gasteiger partial charge in [0.05, 0.1) is 27.9 Å². The zero-order chi connectivity index (χ0) is 32.3. The number of para-hydroxylation sites is 2.